The summed E-state index contributed by atoms with van der Waals surface area (Å²) in [4.78, 5) is 18.6. The molecule has 28 heavy (non-hydrogen) atoms. The fourth-order valence-electron chi connectivity index (χ4n) is 2.88. The minimum Gasteiger partial charge on any atom is -0.410 e. The number of imidazole rings is 1. The average molecular weight is 398 g/mol. The van der Waals surface area contributed by atoms with E-state index in [1.165, 1.54) is 4.90 Å². The number of hydrogen-bond acceptors (Lipinski definition) is 4. The standard InChI is InChI=1S/C21H27N3O3Si/c1-5-18-20-19(23(15-22-20)16-26-13-14-28(2,3)4)11-12-24(18)21(25)27-17-9-7-6-8-10-17/h5-12,15,18H,1,13-14,16H2,2-4H3. The summed E-state index contributed by atoms with van der Waals surface area (Å²) in [6, 6.07) is 9.73. The molecule has 0 fully saturated rings. The number of hydrogen-bond donors (Lipinski definition) is 0. The zero-order chi connectivity index (χ0) is 20.1. The van der Waals surface area contributed by atoms with Crippen LogP contribution < -0.4 is 4.74 Å². The van der Waals surface area contributed by atoms with Crippen molar-refractivity contribution in [2.45, 2.75) is 38.5 Å². The second-order valence-electron chi connectivity index (χ2n) is 7.92. The van der Waals surface area contributed by atoms with Gasteiger partial charge in [0, 0.05) is 20.9 Å². The summed E-state index contributed by atoms with van der Waals surface area (Å²) in [6.07, 6.45) is 6.53. The first-order valence-corrected chi connectivity index (χ1v) is 13.1. The van der Waals surface area contributed by atoms with Crippen molar-refractivity contribution in [3.63, 3.8) is 0 Å². The highest BCUT2D eigenvalue weighted by molar-refractivity contribution is 6.76. The van der Waals surface area contributed by atoms with E-state index < -0.39 is 14.2 Å². The average Bonchev–Trinajstić information content (AvgIpc) is 3.07. The van der Waals surface area contributed by atoms with Gasteiger partial charge in [-0.05, 0) is 24.3 Å². The Morgan fingerprint density at radius 2 is 2.04 bits per heavy atom. The number of carbonyl (C=O) groups excluding carboxylic acids is 1. The second-order valence-corrected chi connectivity index (χ2v) is 13.5. The molecule has 0 spiro atoms. The first kappa shape index (κ1) is 20.1. The summed E-state index contributed by atoms with van der Waals surface area (Å²) >= 11 is 0. The molecule has 1 aromatic carbocycles. The van der Waals surface area contributed by atoms with Crippen LogP contribution in [0.1, 0.15) is 17.4 Å². The third-order valence-electron chi connectivity index (χ3n) is 4.49. The molecule has 1 aliphatic rings. The van der Waals surface area contributed by atoms with Gasteiger partial charge in [-0.2, -0.15) is 0 Å². The number of aromatic nitrogens is 2. The topological polar surface area (TPSA) is 56.6 Å². The molecule has 0 saturated heterocycles. The fourth-order valence-corrected chi connectivity index (χ4v) is 3.63. The third kappa shape index (κ3) is 4.79. The zero-order valence-electron chi connectivity index (χ0n) is 16.7. The highest BCUT2D eigenvalue weighted by Gasteiger charge is 2.30. The van der Waals surface area contributed by atoms with E-state index in [0.29, 0.717) is 12.5 Å². The van der Waals surface area contributed by atoms with Crippen LogP contribution in [0.25, 0.3) is 6.08 Å². The van der Waals surface area contributed by atoms with Crippen molar-refractivity contribution in [1.82, 2.24) is 14.5 Å². The van der Waals surface area contributed by atoms with E-state index in [9.17, 15) is 4.79 Å². The minimum atomic E-state index is -1.11. The predicted octanol–water partition coefficient (Wildman–Crippen LogP) is 4.91. The summed E-state index contributed by atoms with van der Waals surface area (Å²) in [5.74, 6) is 0.496. The molecule has 1 atom stereocenters. The van der Waals surface area contributed by atoms with Gasteiger partial charge in [0.05, 0.1) is 17.7 Å². The van der Waals surface area contributed by atoms with Crippen molar-refractivity contribution in [2.75, 3.05) is 6.61 Å². The van der Waals surface area contributed by atoms with Gasteiger partial charge in [-0.25, -0.2) is 9.78 Å². The molecule has 0 aliphatic carbocycles. The Bertz CT molecular complexity index is 856. The maximum absolute atomic E-state index is 12.6. The molecule has 0 bridgehead atoms. The van der Waals surface area contributed by atoms with E-state index in [1.54, 1.807) is 30.7 Å². The van der Waals surface area contributed by atoms with Crippen molar-refractivity contribution in [1.29, 1.82) is 0 Å². The number of para-hydroxylation sites is 1. The molecule has 148 valence electrons. The van der Waals surface area contributed by atoms with Crippen molar-refractivity contribution in [3.05, 3.63) is 66.9 Å². The van der Waals surface area contributed by atoms with Gasteiger partial charge in [0.2, 0.25) is 0 Å². The van der Waals surface area contributed by atoms with Crippen LogP contribution in [-0.4, -0.2) is 35.2 Å². The van der Waals surface area contributed by atoms with Gasteiger partial charge in [-0.3, -0.25) is 4.90 Å². The molecule has 7 heteroatoms. The van der Waals surface area contributed by atoms with E-state index in [-0.39, 0.29) is 6.04 Å². The number of benzene rings is 1. The SMILES string of the molecule is C=CC1c2ncn(COCC[Si](C)(C)C)c2C=CN1C(=O)Oc1ccccc1. The van der Waals surface area contributed by atoms with Gasteiger partial charge in [-0.1, -0.05) is 43.9 Å². The highest BCUT2D eigenvalue weighted by Crippen LogP contribution is 2.31. The zero-order valence-corrected chi connectivity index (χ0v) is 17.7. The summed E-state index contributed by atoms with van der Waals surface area (Å²) in [6.45, 7) is 12.0. The number of rotatable bonds is 7. The van der Waals surface area contributed by atoms with Gasteiger partial charge in [0.1, 0.15) is 18.5 Å². The van der Waals surface area contributed by atoms with E-state index >= 15 is 0 Å². The Kier molecular flexibility index (Phi) is 6.16. The van der Waals surface area contributed by atoms with Crippen LogP contribution in [0, 0.1) is 0 Å². The van der Waals surface area contributed by atoms with Gasteiger partial charge < -0.3 is 14.0 Å². The normalized spacial score (nSPS) is 16.0. The summed E-state index contributed by atoms with van der Waals surface area (Å²) < 4.78 is 13.2. The maximum atomic E-state index is 12.6. The number of fused-ring (bicyclic) bond motifs is 1. The summed E-state index contributed by atoms with van der Waals surface area (Å²) in [5, 5.41) is 0. The molecule has 3 rings (SSSR count). The van der Waals surface area contributed by atoms with Gasteiger partial charge >= 0.3 is 6.09 Å². The van der Waals surface area contributed by atoms with Crippen molar-refractivity contribution < 1.29 is 14.3 Å². The molecular weight excluding hydrogens is 370 g/mol. The number of ether oxygens (including phenoxy) is 2. The summed E-state index contributed by atoms with van der Waals surface area (Å²) in [7, 11) is -1.11. The van der Waals surface area contributed by atoms with Crippen LogP contribution in [0.15, 0.2) is 55.5 Å². The van der Waals surface area contributed by atoms with E-state index in [2.05, 4.69) is 31.2 Å². The molecule has 2 heterocycles. The van der Waals surface area contributed by atoms with Crippen LogP contribution in [0.2, 0.25) is 25.7 Å². The lowest BCUT2D eigenvalue weighted by Gasteiger charge is -2.28. The van der Waals surface area contributed by atoms with Gasteiger partial charge in [0.15, 0.2) is 0 Å². The molecule has 6 nitrogen and oxygen atoms in total. The number of amides is 1. The summed E-state index contributed by atoms with van der Waals surface area (Å²) in [5.41, 5.74) is 1.68. The van der Waals surface area contributed by atoms with E-state index in [0.717, 1.165) is 24.0 Å². The van der Waals surface area contributed by atoms with Crippen LogP contribution in [0.3, 0.4) is 0 Å². The van der Waals surface area contributed by atoms with E-state index in [1.807, 2.05) is 28.8 Å². The molecule has 1 aliphatic heterocycles. The Balaban J connectivity index is 1.68. The molecule has 2 aromatic rings. The monoisotopic (exact) mass is 397 g/mol. The van der Waals surface area contributed by atoms with Crippen LogP contribution in [0.4, 0.5) is 4.79 Å². The van der Waals surface area contributed by atoms with Crippen molar-refractivity contribution in [2.24, 2.45) is 0 Å². The Morgan fingerprint density at radius 1 is 1.29 bits per heavy atom. The van der Waals surface area contributed by atoms with Crippen molar-refractivity contribution in [3.8, 4) is 5.75 Å². The minimum absolute atomic E-state index is 0.389. The van der Waals surface area contributed by atoms with Gasteiger partial charge in [0.25, 0.3) is 0 Å². The Hall–Kier alpha value is -2.64. The Labute approximate surface area is 167 Å². The van der Waals surface area contributed by atoms with Crippen LogP contribution >= 0.6 is 0 Å². The Morgan fingerprint density at radius 3 is 2.71 bits per heavy atom. The lowest BCUT2D eigenvalue weighted by Crippen LogP contribution is -2.34. The lowest BCUT2D eigenvalue weighted by molar-refractivity contribution is 0.0865. The highest BCUT2D eigenvalue weighted by atomic mass is 28.3. The van der Waals surface area contributed by atoms with E-state index in [4.69, 9.17) is 9.47 Å². The molecule has 1 amide bonds. The lowest BCUT2D eigenvalue weighted by atomic mass is 10.1. The molecular formula is C21H27N3O3Si. The first-order chi connectivity index (χ1) is 13.4. The molecule has 0 N–H and O–H groups in total. The largest absolute Gasteiger partial charge is 0.420 e. The second kappa shape index (κ2) is 8.58. The first-order valence-electron chi connectivity index (χ1n) is 9.38. The predicted molar refractivity (Wildman–Crippen MR) is 113 cm³/mol. The molecule has 0 saturated carbocycles. The van der Waals surface area contributed by atoms with Crippen LogP contribution in [0.5, 0.6) is 5.75 Å². The third-order valence-corrected chi connectivity index (χ3v) is 6.19. The molecule has 1 unspecified atom stereocenters. The molecule has 0 radical (unpaired) electrons. The van der Waals surface area contributed by atoms with Gasteiger partial charge in [-0.15, -0.1) is 6.58 Å². The maximum Gasteiger partial charge on any atom is 0.420 e. The molecule has 1 aromatic heterocycles. The fraction of sp³-hybridized carbons (Fsp3) is 0.333. The van der Waals surface area contributed by atoms with Crippen molar-refractivity contribution >= 4 is 20.2 Å². The number of nitrogens with zero attached hydrogens (tertiary/aromatic N) is 3. The number of carbonyl (C=O) groups is 1. The quantitative estimate of drug-likeness (QED) is 0.378. The smallest absolute Gasteiger partial charge is 0.410 e. The van der Waals surface area contributed by atoms with Crippen LogP contribution in [-0.2, 0) is 11.5 Å².